The Morgan fingerprint density at radius 1 is 1.38 bits per heavy atom. The van der Waals surface area contributed by atoms with Crippen molar-refractivity contribution in [2.24, 2.45) is 0 Å². The smallest absolute Gasteiger partial charge is 0.169 e. The maximum Gasteiger partial charge on any atom is 0.169 e. The average molecular weight is 294 g/mol. The molecule has 3 atom stereocenters. The number of methoxy groups -OCH3 is 2. The van der Waals surface area contributed by atoms with Crippen LogP contribution in [0.15, 0.2) is 12.1 Å². The molecule has 0 amide bonds. The maximum atomic E-state index is 12.3. The Morgan fingerprint density at radius 3 is 2.71 bits per heavy atom. The molecule has 1 aliphatic heterocycles. The third kappa shape index (κ3) is 2.02. The summed E-state index contributed by atoms with van der Waals surface area (Å²) in [6.45, 7) is 1.72. The highest BCUT2D eigenvalue weighted by Crippen LogP contribution is 2.54. The first-order valence-corrected chi connectivity index (χ1v) is 6.71. The second-order valence-corrected chi connectivity index (χ2v) is 5.83. The van der Waals surface area contributed by atoms with Gasteiger partial charge in [0.05, 0.1) is 12.7 Å². The van der Waals surface area contributed by atoms with Crippen LogP contribution in [0, 0.1) is 0 Å². The molecule has 1 aliphatic carbocycles. The molecule has 0 aromatic heterocycles. The first kappa shape index (κ1) is 14.3. The Balaban J connectivity index is 2.17. The van der Waals surface area contributed by atoms with Gasteiger partial charge >= 0.3 is 0 Å². The normalized spacial score (nSPS) is 34.5. The van der Waals surface area contributed by atoms with E-state index >= 15 is 0 Å². The SMILES string of the molecule is COc1cc(O)c2c(c1)[C@@H]1O[C@](C)(OC)C[C@]1(O)CC2=O. The lowest BCUT2D eigenvalue weighted by molar-refractivity contribution is -0.202. The molecule has 0 saturated carbocycles. The van der Waals surface area contributed by atoms with Crippen molar-refractivity contribution in [2.45, 2.75) is 37.3 Å². The van der Waals surface area contributed by atoms with Crippen molar-refractivity contribution in [3.05, 3.63) is 23.3 Å². The van der Waals surface area contributed by atoms with Crippen LogP contribution >= 0.6 is 0 Å². The molecule has 0 bridgehead atoms. The van der Waals surface area contributed by atoms with Crippen molar-refractivity contribution in [1.29, 1.82) is 0 Å². The third-order valence-electron chi connectivity index (χ3n) is 4.30. The zero-order chi connectivity index (χ0) is 15.4. The van der Waals surface area contributed by atoms with E-state index in [2.05, 4.69) is 0 Å². The topological polar surface area (TPSA) is 85.2 Å². The fraction of sp³-hybridized carbons (Fsp3) is 0.533. The lowest BCUT2D eigenvalue weighted by Crippen LogP contribution is -2.40. The number of rotatable bonds is 2. The van der Waals surface area contributed by atoms with Crippen molar-refractivity contribution in [3.63, 3.8) is 0 Å². The van der Waals surface area contributed by atoms with Gasteiger partial charge in [-0.15, -0.1) is 0 Å². The first-order valence-electron chi connectivity index (χ1n) is 6.71. The van der Waals surface area contributed by atoms with Gasteiger partial charge in [-0.3, -0.25) is 4.79 Å². The number of carbonyl (C=O) groups excluding carboxylic acids is 1. The molecule has 0 spiro atoms. The monoisotopic (exact) mass is 294 g/mol. The summed E-state index contributed by atoms with van der Waals surface area (Å²) in [4.78, 5) is 12.3. The second kappa shape index (κ2) is 4.43. The zero-order valence-electron chi connectivity index (χ0n) is 12.2. The van der Waals surface area contributed by atoms with E-state index in [1.165, 1.54) is 20.3 Å². The molecule has 0 radical (unpaired) electrons. The van der Waals surface area contributed by atoms with Gasteiger partial charge in [0.2, 0.25) is 0 Å². The minimum absolute atomic E-state index is 0.108. The second-order valence-electron chi connectivity index (χ2n) is 5.83. The summed E-state index contributed by atoms with van der Waals surface area (Å²) in [5.41, 5.74) is -0.717. The van der Waals surface area contributed by atoms with Crippen LogP contribution in [0.3, 0.4) is 0 Å². The largest absolute Gasteiger partial charge is 0.507 e. The standard InChI is InChI=1S/C15H18O6/c1-14(20-3)7-15(18)6-11(17)12-9(13(15)21-14)4-8(19-2)5-10(12)16/h4-5,13,16,18H,6-7H2,1-3H3/t13-,14-,15+/m0/s1. The summed E-state index contributed by atoms with van der Waals surface area (Å²) < 4.78 is 16.3. The van der Waals surface area contributed by atoms with E-state index < -0.39 is 17.5 Å². The molecule has 1 heterocycles. The quantitative estimate of drug-likeness (QED) is 0.860. The van der Waals surface area contributed by atoms with Crippen LogP contribution < -0.4 is 4.74 Å². The first-order chi connectivity index (χ1) is 9.82. The summed E-state index contributed by atoms with van der Waals surface area (Å²) in [5, 5.41) is 20.9. The van der Waals surface area contributed by atoms with Crippen molar-refractivity contribution in [3.8, 4) is 11.5 Å². The molecule has 1 saturated heterocycles. The van der Waals surface area contributed by atoms with Crippen LogP contribution in [-0.4, -0.2) is 41.6 Å². The van der Waals surface area contributed by atoms with Crippen LogP contribution in [0.4, 0.5) is 0 Å². The van der Waals surface area contributed by atoms with E-state index in [0.717, 1.165) is 0 Å². The molecular weight excluding hydrogens is 276 g/mol. The average Bonchev–Trinajstić information content (AvgIpc) is 2.69. The summed E-state index contributed by atoms with van der Waals surface area (Å²) in [7, 11) is 2.96. The highest BCUT2D eigenvalue weighted by molar-refractivity contribution is 6.02. The Kier molecular flexibility index (Phi) is 3.02. The van der Waals surface area contributed by atoms with E-state index in [1.54, 1.807) is 13.0 Å². The van der Waals surface area contributed by atoms with Crippen LogP contribution in [0.25, 0.3) is 0 Å². The van der Waals surface area contributed by atoms with Crippen molar-refractivity contribution >= 4 is 5.78 Å². The summed E-state index contributed by atoms with van der Waals surface area (Å²) >= 11 is 0. The number of Topliss-reactive ketones (excluding diaryl/α,β-unsaturated/α-hetero) is 1. The van der Waals surface area contributed by atoms with Crippen molar-refractivity contribution in [2.75, 3.05) is 14.2 Å². The highest BCUT2D eigenvalue weighted by atomic mass is 16.7. The van der Waals surface area contributed by atoms with Crippen LogP contribution in [0.2, 0.25) is 0 Å². The van der Waals surface area contributed by atoms with Gasteiger partial charge < -0.3 is 24.4 Å². The van der Waals surface area contributed by atoms with Gasteiger partial charge in [-0.1, -0.05) is 0 Å². The fourth-order valence-electron chi connectivity index (χ4n) is 3.29. The van der Waals surface area contributed by atoms with Crippen molar-refractivity contribution in [1.82, 2.24) is 0 Å². The van der Waals surface area contributed by atoms with Gasteiger partial charge in [-0.05, 0) is 13.0 Å². The number of aromatic hydroxyl groups is 1. The third-order valence-corrected chi connectivity index (χ3v) is 4.30. The van der Waals surface area contributed by atoms with Gasteiger partial charge in [0.25, 0.3) is 0 Å². The Bertz CT molecular complexity index is 612. The Morgan fingerprint density at radius 2 is 2.10 bits per heavy atom. The number of benzene rings is 1. The zero-order valence-corrected chi connectivity index (χ0v) is 12.2. The van der Waals surface area contributed by atoms with E-state index in [4.69, 9.17) is 14.2 Å². The van der Waals surface area contributed by atoms with E-state index in [-0.39, 0.29) is 29.9 Å². The number of fused-ring (bicyclic) bond motifs is 3. The number of phenols is 1. The number of aliphatic hydroxyl groups is 1. The highest BCUT2D eigenvalue weighted by Gasteiger charge is 2.58. The molecule has 6 heteroatoms. The summed E-state index contributed by atoms with van der Waals surface area (Å²) in [6.07, 6.45) is -0.662. The molecule has 6 nitrogen and oxygen atoms in total. The number of hydrogen-bond acceptors (Lipinski definition) is 6. The van der Waals surface area contributed by atoms with Crippen LogP contribution in [-0.2, 0) is 9.47 Å². The van der Waals surface area contributed by atoms with E-state index in [1.807, 2.05) is 0 Å². The fourth-order valence-corrected chi connectivity index (χ4v) is 3.29. The minimum Gasteiger partial charge on any atom is -0.507 e. The Labute approximate surface area is 122 Å². The van der Waals surface area contributed by atoms with Gasteiger partial charge in [0.15, 0.2) is 11.6 Å². The molecule has 21 heavy (non-hydrogen) atoms. The number of hydrogen-bond donors (Lipinski definition) is 2. The molecule has 1 aromatic carbocycles. The maximum absolute atomic E-state index is 12.3. The van der Waals surface area contributed by atoms with Gasteiger partial charge in [-0.2, -0.15) is 0 Å². The van der Waals surface area contributed by atoms with Gasteiger partial charge in [0, 0.05) is 31.6 Å². The molecule has 1 fully saturated rings. The lowest BCUT2D eigenvalue weighted by atomic mass is 9.76. The summed E-state index contributed by atoms with van der Waals surface area (Å²) in [6, 6.07) is 2.99. The van der Waals surface area contributed by atoms with Gasteiger partial charge in [-0.25, -0.2) is 0 Å². The molecule has 2 aliphatic rings. The predicted molar refractivity (Wildman–Crippen MR) is 72.4 cm³/mol. The van der Waals surface area contributed by atoms with Crippen LogP contribution in [0.5, 0.6) is 11.5 Å². The number of carbonyl (C=O) groups is 1. The Hall–Kier alpha value is -1.63. The summed E-state index contributed by atoms with van der Waals surface area (Å²) in [5.74, 6) is -1.04. The molecule has 2 N–H and O–H groups in total. The van der Waals surface area contributed by atoms with E-state index in [9.17, 15) is 15.0 Å². The molecule has 3 rings (SSSR count). The lowest BCUT2D eigenvalue weighted by Gasteiger charge is -2.33. The molecule has 114 valence electrons. The predicted octanol–water partition coefficient (Wildman–Crippen LogP) is 1.54. The molecule has 1 aromatic rings. The number of ketones is 1. The minimum atomic E-state index is -1.34. The number of ether oxygens (including phenoxy) is 3. The van der Waals surface area contributed by atoms with Gasteiger partial charge in [0.1, 0.15) is 23.2 Å². The van der Waals surface area contributed by atoms with E-state index in [0.29, 0.717) is 11.3 Å². The van der Waals surface area contributed by atoms with Crippen molar-refractivity contribution < 1.29 is 29.2 Å². The van der Waals surface area contributed by atoms with Crippen LogP contribution in [0.1, 0.15) is 41.8 Å². The number of phenolic OH excluding ortho intramolecular Hbond substituents is 1. The molecule has 0 unspecified atom stereocenters. The molecular formula is C15H18O6.